The first kappa shape index (κ1) is 13.4. The quantitative estimate of drug-likeness (QED) is 0.665. The molecule has 1 saturated carbocycles. The van der Waals surface area contributed by atoms with Gasteiger partial charge in [-0.05, 0) is 31.0 Å². The van der Waals surface area contributed by atoms with E-state index < -0.39 is 0 Å². The number of hydrazine groups is 1. The number of halogens is 2. The van der Waals surface area contributed by atoms with Gasteiger partial charge in [0.25, 0.3) is 0 Å². The van der Waals surface area contributed by atoms with Crippen molar-refractivity contribution in [3.05, 3.63) is 40.1 Å². The van der Waals surface area contributed by atoms with Crippen LogP contribution in [-0.4, -0.2) is 9.97 Å². The van der Waals surface area contributed by atoms with E-state index in [9.17, 15) is 0 Å². The van der Waals surface area contributed by atoms with Gasteiger partial charge in [-0.3, -0.25) is 0 Å². The number of ether oxygens (including phenoxy) is 1. The molecule has 1 heterocycles. The summed E-state index contributed by atoms with van der Waals surface area (Å²) >= 11 is 11.9. The SMILES string of the molecule is NNc1cc(Oc2ccc(Cl)cc2Cl)nc(C2CC2)n1. The van der Waals surface area contributed by atoms with Gasteiger partial charge in [-0.2, -0.15) is 4.98 Å². The summed E-state index contributed by atoms with van der Waals surface area (Å²) in [6.45, 7) is 0. The minimum atomic E-state index is 0.395. The van der Waals surface area contributed by atoms with Crippen molar-refractivity contribution in [3.8, 4) is 11.6 Å². The molecule has 1 aromatic carbocycles. The van der Waals surface area contributed by atoms with E-state index in [0.29, 0.717) is 33.4 Å². The van der Waals surface area contributed by atoms with Crippen LogP contribution in [0.15, 0.2) is 24.3 Å². The number of anilines is 1. The molecular formula is C13H12Cl2N4O. The lowest BCUT2D eigenvalue weighted by Crippen LogP contribution is -2.10. The zero-order valence-corrected chi connectivity index (χ0v) is 11.9. The second-order valence-electron chi connectivity index (χ2n) is 4.55. The molecular weight excluding hydrogens is 299 g/mol. The second kappa shape index (κ2) is 5.44. The van der Waals surface area contributed by atoms with Crippen molar-refractivity contribution in [2.24, 2.45) is 5.84 Å². The average molecular weight is 311 g/mol. The van der Waals surface area contributed by atoms with E-state index in [2.05, 4.69) is 15.4 Å². The Bertz CT molecular complexity index is 646. The highest BCUT2D eigenvalue weighted by molar-refractivity contribution is 6.35. The molecule has 0 radical (unpaired) electrons. The lowest BCUT2D eigenvalue weighted by Gasteiger charge is -2.09. The number of hydrogen-bond donors (Lipinski definition) is 2. The van der Waals surface area contributed by atoms with E-state index in [1.165, 1.54) is 0 Å². The molecule has 0 bridgehead atoms. The van der Waals surface area contributed by atoms with Crippen molar-refractivity contribution < 1.29 is 4.74 Å². The Morgan fingerprint density at radius 2 is 2.00 bits per heavy atom. The molecule has 1 aliphatic rings. The Morgan fingerprint density at radius 3 is 2.65 bits per heavy atom. The molecule has 20 heavy (non-hydrogen) atoms. The summed E-state index contributed by atoms with van der Waals surface area (Å²) in [6, 6.07) is 6.63. The number of hydrogen-bond acceptors (Lipinski definition) is 5. The van der Waals surface area contributed by atoms with E-state index >= 15 is 0 Å². The van der Waals surface area contributed by atoms with Gasteiger partial charge in [0.2, 0.25) is 5.88 Å². The number of aromatic nitrogens is 2. The van der Waals surface area contributed by atoms with E-state index in [1.54, 1.807) is 24.3 Å². The van der Waals surface area contributed by atoms with Crippen LogP contribution in [-0.2, 0) is 0 Å². The summed E-state index contributed by atoms with van der Waals surface area (Å²) < 4.78 is 5.69. The Hall–Kier alpha value is -1.56. The molecule has 3 rings (SSSR count). The van der Waals surface area contributed by atoms with Crippen LogP contribution in [0.4, 0.5) is 5.82 Å². The number of nitrogens with one attached hydrogen (secondary N) is 1. The van der Waals surface area contributed by atoms with Gasteiger partial charge in [0.05, 0.1) is 5.02 Å². The molecule has 0 aliphatic heterocycles. The molecule has 0 unspecified atom stereocenters. The Balaban J connectivity index is 1.91. The molecule has 1 fully saturated rings. The maximum Gasteiger partial charge on any atom is 0.224 e. The fourth-order valence-corrected chi connectivity index (χ4v) is 2.21. The van der Waals surface area contributed by atoms with Gasteiger partial charge in [-0.1, -0.05) is 23.2 Å². The maximum atomic E-state index is 6.07. The van der Waals surface area contributed by atoms with E-state index in [1.807, 2.05) is 0 Å². The molecule has 104 valence electrons. The summed E-state index contributed by atoms with van der Waals surface area (Å²) in [4.78, 5) is 8.69. The van der Waals surface area contributed by atoms with Crippen LogP contribution in [0.2, 0.25) is 10.0 Å². The fraction of sp³-hybridized carbons (Fsp3) is 0.231. The highest BCUT2D eigenvalue weighted by Crippen LogP contribution is 2.39. The average Bonchev–Trinajstić information content (AvgIpc) is 3.26. The van der Waals surface area contributed by atoms with Crippen molar-refractivity contribution in [2.75, 3.05) is 5.43 Å². The second-order valence-corrected chi connectivity index (χ2v) is 5.39. The van der Waals surface area contributed by atoms with E-state index in [4.69, 9.17) is 33.8 Å². The van der Waals surface area contributed by atoms with Gasteiger partial charge in [-0.25, -0.2) is 10.8 Å². The van der Waals surface area contributed by atoms with Crippen molar-refractivity contribution in [2.45, 2.75) is 18.8 Å². The van der Waals surface area contributed by atoms with Crippen LogP contribution in [0.3, 0.4) is 0 Å². The molecule has 1 aromatic heterocycles. The molecule has 0 saturated heterocycles. The number of benzene rings is 1. The Kier molecular flexibility index (Phi) is 3.65. The van der Waals surface area contributed by atoms with Crippen LogP contribution in [0.25, 0.3) is 0 Å². The summed E-state index contributed by atoms with van der Waals surface area (Å²) in [6.07, 6.45) is 2.18. The third-order valence-electron chi connectivity index (χ3n) is 2.92. The topological polar surface area (TPSA) is 73.1 Å². The molecule has 5 nitrogen and oxygen atoms in total. The standard InChI is InChI=1S/C13H12Cl2N4O/c14-8-3-4-10(9(15)5-8)20-12-6-11(19-16)17-13(18-12)7-1-2-7/h3-7H,1-2,16H2,(H,17,18,19). The molecule has 2 aromatic rings. The highest BCUT2D eigenvalue weighted by Gasteiger charge is 2.27. The molecule has 0 amide bonds. The summed E-state index contributed by atoms with van der Waals surface area (Å²) in [5.74, 6) is 7.95. The number of nitrogen functional groups attached to an aromatic ring is 1. The first-order valence-corrected chi connectivity index (χ1v) is 6.90. The van der Waals surface area contributed by atoms with E-state index in [-0.39, 0.29) is 0 Å². The van der Waals surface area contributed by atoms with Crippen LogP contribution in [0.5, 0.6) is 11.6 Å². The first-order chi connectivity index (χ1) is 9.65. The summed E-state index contributed by atoms with van der Waals surface area (Å²) in [5, 5.41) is 0.972. The Morgan fingerprint density at radius 1 is 1.20 bits per heavy atom. The van der Waals surface area contributed by atoms with Gasteiger partial charge in [-0.15, -0.1) is 0 Å². The van der Waals surface area contributed by atoms with Crippen molar-refractivity contribution >= 4 is 29.0 Å². The molecule has 0 spiro atoms. The predicted molar refractivity (Wildman–Crippen MR) is 78.4 cm³/mol. The zero-order chi connectivity index (χ0) is 14.1. The lowest BCUT2D eigenvalue weighted by atomic mass is 10.3. The third kappa shape index (κ3) is 2.95. The lowest BCUT2D eigenvalue weighted by molar-refractivity contribution is 0.459. The molecule has 1 aliphatic carbocycles. The van der Waals surface area contributed by atoms with Gasteiger partial charge in [0, 0.05) is 17.0 Å². The van der Waals surface area contributed by atoms with Crippen LogP contribution in [0, 0.1) is 0 Å². The molecule has 7 heteroatoms. The zero-order valence-electron chi connectivity index (χ0n) is 10.4. The summed E-state index contributed by atoms with van der Waals surface area (Å²) in [5.41, 5.74) is 2.51. The minimum absolute atomic E-state index is 0.395. The maximum absolute atomic E-state index is 6.07. The van der Waals surface area contributed by atoms with Crippen molar-refractivity contribution in [1.82, 2.24) is 9.97 Å². The van der Waals surface area contributed by atoms with Gasteiger partial charge in [0.1, 0.15) is 17.4 Å². The minimum Gasteiger partial charge on any atom is -0.437 e. The van der Waals surface area contributed by atoms with Crippen molar-refractivity contribution in [3.63, 3.8) is 0 Å². The van der Waals surface area contributed by atoms with Gasteiger partial charge >= 0.3 is 0 Å². The fourth-order valence-electron chi connectivity index (χ4n) is 1.76. The number of nitrogens with two attached hydrogens (primary N) is 1. The molecule has 3 N–H and O–H groups in total. The van der Waals surface area contributed by atoms with Crippen LogP contribution < -0.4 is 16.0 Å². The first-order valence-electron chi connectivity index (χ1n) is 6.14. The van der Waals surface area contributed by atoms with Crippen molar-refractivity contribution in [1.29, 1.82) is 0 Å². The van der Waals surface area contributed by atoms with E-state index in [0.717, 1.165) is 18.7 Å². The number of rotatable bonds is 4. The predicted octanol–water partition coefficient (Wildman–Crippen LogP) is 3.74. The third-order valence-corrected chi connectivity index (χ3v) is 3.45. The largest absolute Gasteiger partial charge is 0.437 e. The number of nitrogens with zero attached hydrogens (tertiary/aromatic N) is 2. The monoisotopic (exact) mass is 310 g/mol. The normalized spacial score (nSPS) is 14.2. The highest BCUT2D eigenvalue weighted by atomic mass is 35.5. The summed E-state index contributed by atoms with van der Waals surface area (Å²) in [7, 11) is 0. The smallest absolute Gasteiger partial charge is 0.224 e. The van der Waals surface area contributed by atoms with Crippen LogP contribution in [0.1, 0.15) is 24.6 Å². The van der Waals surface area contributed by atoms with Gasteiger partial charge < -0.3 is 10.2 Å². The molecule has 0 atom stereocenters. The van der Waals surface area contributed by atoms with Crippen LogP contribution >= 0.6 is 23.2 Å². The Labute approximate surface area is 126 Å². The van der Waals surface area contributed by atoms with Gasteiger partial charge in [0.15, 0.2) is 0 Å².